The van der Waals surface area contributed by atoms with Crippen molar-refractivity contribution in [3.05, 3.63) is 55.3 Å². The molecule has 2 aromatic carbocycles. The number of amides is 1. The van der Waals surface area contributed by atoms with Crippen LogP contribution in [0.25, 0.3) is 0 Å². The van der Waals surface area contributed by atoms with Gasteiger partial charge in [-0.25, -0.2) is 4.39 Å². The summed E-state index contributed by atoms with van der Waals surface area (Å²) in [4.78, 5) is 12.4. The summed E-state index contributed by atoms with van der Waals surface area (Å²) in [5.41, 5.74) is 0.849. The van der Waals surface area contributed by atoms with Crippen molar-refractivity contribution < 1.29 is 18.7 Å². The van der Waals surface area contributed by atoms with Crippen LogP contribution in [-0.2, 0) is 6.54 Å². The van der Waals surface area contributed by atoms with Crippen molar-refractivity contribution in [1.29, 1.82) is 0 Å². The fraction of sp³-hybridized carbons (Fsp3) is 0.188. The van der Waals surface area contributed by atoms with Gasteiger partial charge in [0.15, 0.2) is 11.5 Å². The van der Waals surface area contributed by atoms with Crippen molar-refractivity contribution in [1.82, 2.24) is 5.32 Å². The summed E-state index contributed by atoms with van der Waals surface area (Å²) < 4.78 is 25.6. The summed E-state index contributed by atoms with van der Waals surface area (Å²) >= 11 is 5.33. The van der Waals surface area contributed by atoms with Crippen molar-refractivity contribution in [2.75, 3.05) is 14.2 Å². The predicted molar refractivity (Wildman–Crippen MR) is 97.5 cm³/mol. The largest absolute Gasteiger partial charge is 0.493 e. The van der Waals surface area contributed by atoms with Gasteiger partial charge in [0.05, 0.1) is 19.8 Å². The van der Waals surface area contributed by atoms with Gasteiger partial charge in [-0.1, -0.05) is 15.9 Å². The van der Waals surface area contributed by atoms with Crippen LogP contribution >= 0.6 is 38.5 Å². The molecule has 7 heteroatoms. The second kappa shape index (κ2) is 7.96. The lowest BCUT2D eigenvalue weighted by Gasteiger charge is -2.12. The maximum atomic E-state index is 13.7. The third-order valence-electron chi connectivity index (χ3n) is 3.17. The second-order valence-electron chi connectivity index (χ2n) is 4.61. The number of carbonyl (C=O) groups is 1. The van der Waals surface area contributed by atoms with Crippen LogP contribution in [0.5, 0.6) is 11.5 Å². The number of methoxy groups -OCH3 is 2. The third-order valence-corrected chi connectivity index (χ3v) is 4.55. The number of rotatable bonds is 5. The number of hydrogen-bond acceptors (Lipinski definition) is 3. The van der Waals surface area contributed by atoms with Crippen LogP contribution in [0.3, 0.4) is 0 Å². The molecule has 23 heavy (non-hydrogen) atoms. The molecule has 0 aromatic heterocycles. The van der Waals surface area contributed by atoms with E-state index >= 15 is 0 Å². The van der Waals surface area contributed by atoms with E-state index in [1.165, 1.54) is 20.3 Å². The SMILES string of the molecule is COc1cc(I)c(C(=O)NCc2cc(Br)ccc2F)cc1OC. The van der Waals surface area contributed by atoms with E-state index in [2.05, 4.69) is 21.2 Å². The topological polar surface area (TPSA) is 47.6 Å². The summed E-state index contributed by atoms with van der Waals surface area (Å²) in [6, 6.07) is 7.92. The number of ether oxygens (including phenoxy) is 2. The van der Waals surface area contributed by atoms with Gasteiger partial charge in [0.1, 0.15) is 5.82 Å². The average Bonchev–Trinajstić information content (AvgIpc) is 2.55. The summed E-state index contributed by atoms with van der Waals surface area (Å²) in [6.07, 6.45) is 0. The van der Waals surface area contributed by atoms with Crippen LogP contribution in [0.1, 0.15) is 15.9 Å². The van der Waals surface area contributed by atoms with Gasteiger partial charge in [-0.05, 0) is 52.9 Å². The van der Waals surface area contributed by atoms with Crippen LogP contribution in [0.15, 0.2) is 34.8 Å². The van der Waals surface area contributed by atoms with Gasteiger partial charge in [0, 0.05) is 20.2 Å². The maximum absolute atomic E-state index is 13.7. The van der Waals surface area contributed by atoms with Crippen LogP contribution in [-0.4, -0.2) is 20.1 Å². The van der Waals surface area contributed by atoms with E-state index in [9.17, 15) is 9.18 Å². The molecule has 122 valence electrons. The van der Waals surface area contributed by atoms with Gasteiger partial charge in [-0.15, -0.1) is 0 Å². The number of hydrogen-bond donors (Lipinski definition) is 1. The zero-order valence-electron chi connectivity index (χ0n) is 12.5. The molecule has 0 atom stereocenters. The number of benzene rings is 2. The Morgan fingerprint density at radius 3 is 2.52 bits per heavy atom. The zero-order valence-corrected chi connectivity index (χ0v) is 16.2. The van der Waals surface area contributed by atoms with Gasteiger partial charge in [-0.3, -0.25) is 4.79 Å². The normalized spacial score (nSPS) is 10.3. The van der Waals surface area contributed by atoms with Crippen LogP contribution in [0, 0.1) is 9.39 Å². The molecule has 0 aliphatic rings. The molecule has 0 fully saturated rings. The van der Waals surface area contributed by atoms with Crippen molar-refractivity contribution in [2.45, 2.75) is 6.54 Å². The Morgan fingerprint density at radius 2 is 1.87 bits per heavy atom. The Hall–Kier alpha value is -1.35. The lowest BCUT2D eigenvalue weighted by molar-refractivity contribution is 0.0949. The molecule has 4 nitrogen and oxygen atoms in total. The third kappa shape index (κ3) is 4.35. The Balaban J connectivity index is 2.19. The molecule has 2 rings (SSSR count). The second-order valence-corrected chi connectivity index (χ2v) is 6.68. The predicted octanol–water partition coefficient (Wildman–Crippen LogP) is 4.14. The van der Waals surface area contributed by atoms with Crippen molar-refractivity contribution >= 4 is 44.4 Å². The lowest BCUT2D eigenvalue weighted by atomic mass is 10.1. The lowest BCUT2D eigenvalue weighted by Crippen LogP contribution is -2.24. The van der Waals surface area contributed by atoms with E-state index in [1.807, 2.05) is 22.6 Å². The zero-order chi connectivity index (χ0) is 17.0. The van der Waals surface area contributed by atoms with Gasteiger partial charge >= 0.3 is 0 Å². The molecule has 0 saturated heterocycles. The van der Waals surface area contributed by atoms with E-state index in [1.54, 1.807) is 24.3 Å². The molecular weight excluding hydrogens is 480 g/mol. The molecule has 1 N–H and O–H groups in total. The van der Waals surface area contributed by atoms with E-state index in [4.69, 9.17) is 9.47 Å². The standard InChI is InChI=1S/C16H14BrFINO3/c1-22-14-6-11(13(19)7-15(14)23-2)16(21)20-8-9-5-10(17)3-4-12(9)18/h3-7H,8H2,1-2H3,(H,20,21). The first-order chi connectivity index (χ1) is 11.0. The van der Waals surface area contributed by atoms with Crippen molar-refractivity contribution in [3.8, 4) is 11.5 Å². The first-order valence-corrected chi connectivity index (χ1v) is 8.47. The van der Waals surface area contributed by atoms with E-state index in [0.717, 1.165) is 4.47 Å². The molecule has 0 saturated carbocycles. The quantitative estimate of drug-likeness (QED) is 0.637. The van der Waals surface area contributed by atoms with E-state index in [-0.39, 0.29) is 18.3 Å². The van der Waals surface area contributed by atoms with Crippen LogP contribution < -0.4 is 14.8 Å². The van der Waals surface area contributed by atoms with Gasteiger partial charge in [0.25, 0.3) is 5.91 Å². The number of nitrogens with one attached hydrogen (secondary N) is 1. The minimum Gasteiger partial charge on any atom is -0.493 e. The van der Waals surface area contributed by atoms with Crippen molar-refractivity contribution in [2.24, 2.45) is 0 Å². The van der Waals surface area contributed by atoms with Crippen molar-refractivity contribution in [3.63, 3.8) is 0 Å². The minimum absolute atomic E-state index is 0.0918. The van der Waals surface area contributed by atoms with E-state index < -0.39 is 0 Å². The van der Waals surface area contributed by atoms with E-state index in [0.29, 0.717) is 26.2 Å². The Labute approximate surface area is 155 Å². The molecule has 1 amide bonds. The highest BCUT2D eigenvalue weighted by Gasteiger charge is 2.16. The first kappa shape index (κ1) is 18.0. The molecular formula is C16H14BrFINO3. The van der Waals surface area contributed by atoms with Crippen LogP contribution in [0.4, 0.5) is 4.39 Å². The summed E-state index contributed by atoms with van der Waals surface area (Å²) in [5, 5.41) is 2.71. The smallest absolute Gasteiger partial charge is 0.252 e. The minimum atomic E-state index is -0.365. The molecule has 0 unspecified atom stereocenters. The molecule has 0 aliphatic heterocycles. The Bertz CT molecular complexity index is 740. The van der Waals surface area contributed by atoms with Gasteiger partial charge in [0.2, 0.25) is 0 Å². The number of carbonyl (C=O) groups excluding carboxylic acids is 1. The van der Waals surface area contributed by atoms with Crippen LogP contribution in [0.2, 0.25) is 0 Å². The molecule has 0 heterocycles. The maximum Gasteiger partial charge on any atom is 0.252 e. The molecule has 0 aliphatic carbocycles. The Kier molecular flexibility index (Phi) is 6.23. The van der Waals surface area contributed by atoms with Gasteiger partial charge in [-0.2, -0.15) is 0 Å². The Morgan fingerprint density at radius 1 is 1.22 bits per heavy atom. The molecule has 2 aromatic rings. The number of halogens is 3. The fourth-order valence-corrected chi connectivity index (χ4v) is 3.07. The highest BCUT2D eigenvalue weighted by Crippen LogP contribution is 2.31. The molecule has 0 radical (unpaired) electrons. The molecule has 0 bridgehead atoms. The highest BCUT2D eigenvalue weighted by molar-refractivity contribution is 14.1. The monoisotopic (exact) mass is 493 g/mol. The molecule has 0 spiro atoms. The average molecular weight is 494 g/mol. The first-order valence-electron chi connectivity index (χ1n) is 6.60. The summed E-state index contributed by atoms with van der Waals surface area (Å²) in [6.45, 7) is 0.0918. The summed E-state index contributed by atoms with van der Waals surface area (Å²) in [5.74, 6) is 0.337. The summed E-state index contributed by atoms with van der Waals surface area (Å²) in [7, 11) is 3.03. The highest BCUT2D eigenvalue weighted by atomic mass is 127. The van der Waals surface area contributed by atoms with Gasteiger partial charge < -0.3 is 14.8 Å². The fourth-order valence-electron chi connectivity index (χ4n) is 1.98.